The van der Waals surface area contributed by atoms with Gasteiger partial charge >= 0.3 is 5.97 Å². The van der Waals surface area contributed by atoms with Crippen LogP contribution in [0.1, 0.15) is 17.2 Å². The molecule has 0 aliphatic carbocycles. The summed E-state index contributed by atoms with van der Waals surface area (Å²) >= 11 is 0. The Kier molecular flexibility index (Phi) is 4.16. The average Bonchev–Trinajstić information content (AvgIpc) is 3.28. The van der Waals surface area contributed by atoms with E-state index in [9.17, 15) is 14.7 Å². The molecular formula is C20H19N3O3. The lowest BCUT2D eigenvalue weighted by Crippen LogP contribution is -2.31. The molecule has 3 aromatic rings. The molecule has 132 valence electrons. The number of hydrogen-bond donors (Lipinski definition) is 2. The van der Waals surface area contributed by atoms with Gasteiger partial charge in [-0.2, -0.15) is 5.10 Å². The zero-order chi connectivity index (χ0) is 18.1. The molecule has 0 spiro atoms. The maximum atomic E-state index is 12.8. The van der Waals surface area contributed by atoms with Crippen molar-refractivity contribution in [2.45, 2.75) is 12.3 Å². The van der Waals surface area contributed by atoms with Gasteiger partial charge in [0.25, 0.3) is 0 Å². The fraction of sp³-hybridized carbons (Fsp3) is 0.250. The molecule has 0 saturated carbocycles. The highest BCUT2D eigenvalue weighted by molar-refractivity contribution is 5.88. The Hall–Kier alpha value is -3.15. The van der Waals surface area contributed by atoms with Crippen LogP contribution in [0.15, 0.2) is 54.6 Å². The number of amides is 1. The first-order chi connectivity index (χ1) is 12.6. The number of aromatic amines is 1. The fourth-order valence-corrected chi connectivity index (χ4v) is 3.71. The number of carbonyl (C=O) groups excluding carboxylic acids is 1. The maximum Gasteiger partial charge on any atom is 0.308 e. The van der Waals surface area contributed by atoms with E-state index in [1.807, 2.05) is 54.6 Å². The van der Waals surface area contributed by atoms with Gasteiger partial charge in [-0.1, -0.05) is 48.5 Å². The Balaban J connectivity index is 1.54. The number of para-hydroxylation sites is 1. The molecule has 0 radical (unpaired) electrons. The second kappa shape index (κ2) is 6.63. The van der Waals surface area contributed by atoms with Crippen molar-refractivity contribution in [3.8, 4) is 0 Å². The van der Waals surface area contributed by atoms with Crippen LogP contribution in [-0.4, -0.2) is 45.2 Å². The second-order valence-electron chi connectivity index (χ2n) is 6.66. The first kappa shape index (κ1) is 16.3. The van der Waals surface area contributed by atoms with E-state index in [2.05, 4.69) is 10.2 Å². The van der Waals surface area contributed by atoms with Gasteiger partial charge in [0, 0.05) is 24.4 Å². The number of benzene rings is 2. The highest BCUT2D eigenvalue weighted by Gasteiger charge is 2.40. The summed E-state index contributed by atoms with van der Waals surface area (Å²) < 4.78 is 0. The third kappa shape index (κ3) is 2.94. The molecule has 2 atom stereocenters. The van der Waals surface area contributed by atoms with E-state index in [1.54, 1.807) is 4.90 Å². The first-order valence-electron chi connectivity index (χ1n) is 8.61. The third-order valence-corrected chi connectivity index (χ3v) is 5.09. The van der Waals surface area contributed by atoms with Crippen LogP contribution in [0.4, 0.5) is 0 Å². The van der Waals surface area contributed by atoms with Gasteiger partial charge in [-0.25, -0.2) is 0 Å². The van der Waals surface area contributed by atoms with E-state index < -0.39 is 11.9 Å². The number of carbonyl (C=O) groups is 2. The van der Waals surface area contributed by atoms with Crippen molar-refractivity contribution >= 4 is 22.8 Å². The molecule has 1 fully saturated rings. The summed E-state index contributed by atoms with van der Waals surface area (Å²) in [5.41, 5.74) is 2.55. The molecule has 6 nitrogen and oxygen atoms in total. The van der Waals surface area contributed by atoms with Crippen LogP contribution in [0.2, 0.25) is 0 Å². The van der Waals surface area contributed by atoms with Crippen LogP contribution < -0.4 is 0 Å². The fourth-order valence-electron chi connectivity index (χ4n) is 3.71. The molecule has 1 aromatic heterocycles. The minimum atomic E-state index is -0.860. The van der Waals surface area contributed by atoms with Crippen molar-refractivity contribution in [2.24, 2.45) is 5.92 Å². The molecule has 1 aliphatic rings. The molecule has 2 unspecified atom stereocenters. The van der Waals surface area contributed by atoms with E-state index >= 15 is 0 Å². The number of hydrogen-bond acceptors (Lipinski definition) is 3. The Labute approximate surface area is 150 Å². The molecule has 1 aliphatic heterocycles. The van der Waals surface area contributed by atoms with Gasteiger partial charge in [-0.15, -0.1) is 0 Å². The summed E-state index contributed by atoms with van der Waals surface area (Å²) in [6.07, 6.45) is 0.189. The van der Waals surface area contributed by atoms with Crippen LogP contribution in [0.25, 0.3) is 10.9 Å². The molecule has 2 N–H and O–H groups in total. The van der Waals surface area contributed by atoms with E-state index in [0.29, 0.717) is 6.54 Å². The number of carboxylic acid groups (broad SMARTS) is 1. The number of fused-ring (bicyclic) bond motifs is 1. The summed E-state index contributed by atoms with van der Waals surface area (Å²) in [4.78, 5) is 26.1. The van der Waals surface area contributed by atoms with Crippen LogP contribution in [0.3, 0.4) is 0 Å². The summed E-state index contributed by atoms with van der Waals surface area (Å²) in [7, 11) is 0. The van der Waals surface area contributed by atoms with Crippen LogP contribution in [0, 0.1) is 5.92 Å². The lowest BCUT2D eigenvalue weighted by atomic mass is 9.89. The highest BCUT2D eigenvalue weighted by atomic mass is 16.4. The van der Waals surface area contributed by atoms with Gasteiger partial charge in [-0.3, -0.25) is 14.7 Å². The maximum absolute atomic E-state index is 12.8. The quantitative estimate of drug-likeness (QED) is 0.757. The average molecular weight is 349 g/mol. The van der Waals surface area contributed by atoms with Gasteiger partial charge in [0.05, 0.1) is 23.5 Å². The van der Waals surface area contributed by atoms with Gasteiger partial charge in [0.15, 0.2) is 0 Å². The smallest absolute Gasteiger partial charge is 0.308 e. The number of nitrogens with zero attached hydrogens (tertiary/aromatic N) is 2. The standard InChI is InChI=1S/C20H19N3O3/c24-19(10-18-14-8-4-5-9-17(14)21-22-18)23-11-15(16(12-23)20(25)26)13-6-2-1-3-7-13/h1-9,15-16H,10-12H2,(H,21,22)(H,25,26). The number of rotatable bonds is 4. The van der Waals surface area contributed by atoms with Crippen molar-refractivity contribution in [3.05, 3.63) is 65.9 Å². The zero-order valence-electron chi connectivity index (χ0n) is 14.1. The summed E-state index contributed by atoms with van der Waals surface area (Å²) in [6.45, 7) is 0.658. The van der Waals surface area contributed by atoms with E-state index in [-0.39, 0.29) is 24.8 Å². The molecule has 1 amide bonds. The second-order valence-corrected chi connectivity index (χ2v) is 6.66. The molecule has 26 heavy (non-hydrogen) atoms. The van der Waals surface area contributed by atoms with Crippen molar-refractivity contribution in [1.29, 1.82) is 0 Å². The molecule has 4 rings (SSSR count). The third-order valence-electron chi connectivity index (χ3n) is 5.09. The molecular weight excluding hydrogens is 330 g/mol. The molecule has 2 aromatic carbocycles. The van der Waals surface area contributed by atoms with Gasteiger partial charge in [0.2, 0.25) is 5.91 Å². The van der Waals surface area contributed by atoms with Gasteiger partial charge < -0.3 is 10.0 Å². The summed E-state index contributed by atoms with van der Waals surface area (Å²) in [5, 5.41) is 17.7. The highest BCUT2D eigenvalue weighted by Crippen LogP contribution is 2.33. The number of likely N-dealkylation sites (tertiary alicyclic amines) is 1. The van der Waals surface area contributed by atoms with Crippen molar-refractivity contribution < 1.29 is 14.7 Å². The Bertz CT molecular complexity index is 951. The number of carboxylic acids is 1. The zero-order valence-corrected chi connectivity index (χ0v) is 14.1. The van der Waals surface area contributed by atoms with E-state index in [0.717, 1.165) is 22.2 Å². The number of aromatic nitrogens is 2. The lowest BCUT2D eigenvalue weighted by molar-refractivity contribution is -0.141. The van der Waals surface area contributed by atoms with Crippen molar-refractivity contribution in [3.63, 3.8) is 0 Å². The molecule has 6 heteroatoms. The molecule has 2 heterocycles. The first-order valence-corrected chi connectivity index (χ1v) is 8.61. The van der Waals surface area contributed by atoms with E-state index in [4.69, 9.17) is 0 Å². The lowest BCUT2D eigenvalue weighted by Gasteiger charge is -2.16. The normalized spacial score (nSPS) is 19.8. The van der Waals surface area contributed by atoms with Gasteiger partial charge in [0.1, 0.15) is 0 Å². The van der Waals surface area contributed by atoms with Gasteiger partial charge in [-0.05, 0) is 11.6 Å². The monoisotopic (exact) mass is 349 g/mol. The van der Waals surface area contributed by atoms with Crippen LogP contribution in [0.5, 0.6) is 0 Å². The Morgan fingerprint density at radius 1 is 1.08 bits per heavy atom. The predicted molar refractivity (Wildman–Crippen MR) is 96.7 cm³/mol. The van der Waals surface area contributed by atoms with Crippen LogP contribution in [-0.2, 0) is 16.0 Å². The van der Waals surface area contributed by atoms with Crippen molar-refractivity contribution in [1.82, 2.24) is 15.1 Å². The summed E-state index contributed by atoms with van der Waals surface area (Å²) in [5.74, 6) is -1.71. The number of H-pyrrole nitrogens is 1. The molecule has 0 bridgehead atoms. The SMILES string of the molecule is O=C(O)C1CN(C(=O)Cc2[nH]nc3ccccc23)CC1c1ccccc1. The Morgan fingerprint density at radius 2 is 1.81 bits per heavy atom. The van der Waals surface area contributed by atoms with Crippen molar-refractivity contribution in [2.75, 3.05) is 13.1 Å². The minimum absolute atomic E-state index is 0.0796. The number of nitrogens with one attached hydrogen (secondary N) is 1. The van der Waals surface area contributed by atoms with E-state index in [1.165, 1.54) is 0 Å². The number of aliphatic carboxylic acids is 1. The Morgan fingerprint density at radius 3 is 2.58 bits per heavy atom. The topological polar surface area (TPSA) is 86.3 Å². The molecule has 1 saturated heterocycles. The predicted octanol–water partition coefficient (Wildman–Crippen LogP) is 2.43. The minimum Gasteiger partial charge on any atom is -0.481 e. The van der Waals surface area contributed by atoms with Crippen LogP contribution >= 0.6 is 0 Å². The largest absolute Gasteiger partial charge is 0.481 e. The summed E-state index contributed by atoms with van der Waals surface area (Å²) in [6, 6.07) is 17.2.